The van der Waals surface area contributed by atoms with Crippen LogP contribution in [0.15, 0.2) is 52.1 Å². The number of nitrogens with one attached hydrogen (secondary N) is 1. The summed E-state index contributed by atoms with van der Waals surface area (Å²) in [6, 6.07) is 11.6. The number of hydrogen-bond donors (Lipinski definition) is 1. The van der Waals surface area contributed by atoms with E-state index in [0.717, 1.165) is 0 Å². The van der Waals surface area contributed by atoms with Crippen LogP contribution in [-0.2, 0) is 0 Å². The first-order chi connectivity index (χ1) is 8.66. The van der Waals surface area contributed by atoms with Gasteiger partial charge in [-0.15, -0.1) is 0 Å². The highest BCUT2D eigenvalue weighted by Crippen LogP contribution is 2.15. The molecular weight excluding hydrogens is 250 g/mol. The number of benzene rings is 2. The SMILES string of the molecule is O=c1[nH]c2ccc(Cl)cc2c(=O)c2ccccc12. The van der Waals surface area contributed by atoms with Gasteiger partial charge in [0.1, 0.15) is 0 Å². The van der Waals surface area contributed by atoms with Crippen LogP contribution in [0.2, 0.25) is 5.02 Å². The summed E-state index contributed by atoms with van der Waals surface area (Å²) in [5.74, 6) is 0. The topological polar surface area (TPSA) is 49.9 Å². The summed E-state index contributed by atoms with van der Waals surface area (Å²) in [6.45, 7) is 0. The van der Waals surface area contributed by atoms with Crippen molar-refractivity contribution in [2.24, 2.45) is 0 Å². The molecule has 3 nitrogen and oxygen atoms in total. The lowest BCUT2D eigenvalue weighted by atomic mass is 10.1. The van der Waals surface area contributed by atoms with Crippen molar-refractivity contribution in [2.45, 2.75) is 0 Å². The van der Waals surface area contributed by atoms with Crippen molar-refractivity contribution < 1.29 is 0 Å². The molecule has 18 heavy (non-hydrogen) atoms. The van der Waals surface area contributed by atoms with Gasteiger partial charge in [-0.1, -0.05) is 29.8 Å². The van der Waals surface area contributed by atoms with Crippen LogP contribution in [0.25, 0.3) is 21.7 Å². The molecule has 4 heteroatoms. The van der Waals surface area contributed by atoms with Crippen LogP contribution >= 0.6 is 11.6 Å². The van der Waals surface area contributed by atoms with E-state index in [2.05, 4.69) is 4.98 Å². The molecule has 3 aromatic rings. The van der Waals surface area contributed by atoms with Gasteiger partial charge in [-0.25, -0.2) is 0 Å². The van der Waals surface area contributed by atoms with E-state index in [0.29, 0.717) is 26.7 Å². The van der Waals surface area contributed by atoms with Gasteiger partial charge in [-0.05, 0) is 24.3 Å². The van der Waals surface area contributed by atoms with E-state index in [1.165, 1.54) is 0 Å². The summed E-state index contributed by atoms with van der Waals surface area (Å²) in [7, 11) is 0. The Labute approximate surface area is 107 Å². The molecule has 0 radical (unpaired) electrons. The minimum Gasteiger partial charge on any atom is -0.321 e. The molecular formula is C14H8ClNO2. The van der Waals surface area contributed by atoms with Gasteiger partial charge in [0.2, 0.25) is 0 Å². The van der Waals surface area contributed by atoms with E-state index < -0.39 is 0 Å². The second kappa shape index (κ2) is 3.96. The molecule has 0 saturated carbocycles. The maximum Gasteiger partial charge on any atom is 0.256 e. The number of rotatable bonds is 0. The maximum absolute atomic E-state index is 12.4. The number of aromatic amines is 1. The van der Waals surface area contributed by atoms with Gasteiger partial charge in [0.25, 0.3) is 5.56 Å². The molecule has 0 unspecified atom stereocenters. The highest BCUT2D eigenvalue weighted by molar-refractivity contribution is 6.31. The van der Waals surface area contributed by atoms with E-state index in [1.54, 1.807) is 42.5 Å². The predicted molar refractivity (Wildman–Crippen MR) is 73.4 cm³/mol. The third-order valence-electron chi connectivity index (χ3n) is 2.89. The van der Waals surface area contributed by atoms with Crippen molar-refractivity contribution >= 4 is 33.3 Å². The lowest BCUT2D eigenvalue weighted by Gasteiger charge is -1.92. The summed E-state index contributed by atoms with van der Waals surface area (Å²) < 4.78 is 0. The zero-order valence-corrected chi connectivity index (χ0v) is 9.99. The molecule has 0 fully saturated rings. The van der Waals surface area contributed by atoms with Crippen molar-refractivity contribution in [1.29, 1.82) is 0 Å². The molecule has 88 valence electrons. The van der Waals surface area contributed by atoms with Crippen molar-refractivity contribution in [3.8, 4) is 0 Å². The van der Waals surface area contributed by atoms with E-state index in [4.69, 9.17) is 11.6 Å². The Morgan fingerprint density at radius 1 is 0.889 bits per heavy atom. The van der Waals surface area contributed by atoms with Gasteiger partial charge in [0, 0.05) is 15.8 Å². The average Bonchev–Trinajstić information content (AvgIpc) is 2.48. The second-order valence-corrected chi connectivity index (χ2v) is 4.46. The molecule has 0 saturated heterocycles. The van der Waals surface area contributed by atoms with E-state index >= 15 is 0 Å². The summed E-state index contributed by atoms with van der Waals surface area (Å²) in [5.41, 5.74) is 0.0204. The van der Waals surface area contributed by atoms with E-state index in [1.807, 2.05) is 0 Å². The number of aromatic nitrogens is 1. The number of halogens is 1. The quantitative estimate of drug-likeness (QED) is 0.673. The van der Waals surface area contributed by atoms with Gasteiger partial charge in [0.15, 0.2) is 5.43 Å². The lowest BCUT2D eigenvalue weighted by molar-refractivity contribution is 1.36. The monoisotopic (exact) mass is 257 g/mol. The lowest BCUT2D eigenvalue weighted by Crippen LogP contribution is -2.02. The first-order valence-electron chi connectivity index (χ1n) is 5.41. The molecule has 1 heterocycles. The van der Waals surface area contributed by atoms with Crippen molar-refractivity contribution in [3.05, 3.63) is 68.1 Å². The average molecular weight is 258 g/mol. The van der Waals surface area contributed by atoms with E-state index in [-0.39, 0.29) is 11.0 Å². The Kier molecular flexibility index (Phi) is 2.42. The van der Waals surface area contributed by atoms with Crippen molar-refractivity contribution in [1.82, 2.24) is 4.98 Å². The Hall–Kier alpha value is -2.13. The van der Waals surface area contributed by atoms with Gasteiger partial charge < -0.3 is 4.98 Å². The minimum absolute atomic E-state index is 0.193. The highest BCUT2D eigenvalue weighted by Gasteiger charge is 2.05. The largest absolute Gasteiger partial charge is 0.321 e. The summed E-state index contributed by atoms with van der Waals surface area (Å²) in [6.07, 6.45) is 0. The third kappa shape index (κ3) is 1.60. The molecule has 0 atom stereocenters. The molecule has 3 rings (SSSR count). The Balaban J connectivity index is 2.75. The van der Waals surface area contributed by atoms with Crippen LogP contribution in [0.4, 0.5) is 0 Å². The van der Waals surface area contributed by atoms with Crippen LogP contribution in [0.3, 0.4) is 0 Å². The Morgan fingerprint density at radius 3 is 2.39 bits per heavy atom. The van der Waals surface area contributed by atoms with Crippen LogP contribution in [0.1, 0.15) is 0 Å². The van der Waals surface area contributed by atoms with Crippen molar-refractivity contribution in [3.63, 3.8) is 0 Å². The molecule has 1 aromatic heterocycles. The standard InChI is InChI=1S/C14H8ClNO2/c15-8-5-6-12-11(7-8)13(17)9-3-1-2-4-10(9)14(18)16-12/h1-7H,(H,16,18). The number of H-pyrrole nitrogens is 1. The molecule has 0 aliphatic carbocycles. The summed E-state index contributed by atoms with van der Waals surface area (Å²) in [5, 5.41) is 1.67. The molecule has 1 N–H and O–H groups in total. The second-order valence-electron chi connectivity index (χ2n) is 4.02. The zero-order valence-electron chi connectivity index (χ0n) is 9.24. The molecule has 0 aliphatic rings. The molecule has 0 amide bonds. The molecule has 0 spiro atoms. The highest BCUT2D eigenvalue weighted by atomic mass is 35.5. The van der Waals surface area contributed by atoms with Gasteiger partial charge in [0.05, 0.1) is 10.9 Å². The van der Waals surface area contributed by atoms with Gasteiger partial charge >= 0.3 is 0 Å². The third-order valence-corrected chi connectivity index (χ3v) is 3.13. The van der Waals surface area contributed by atoms with Crippen LogP contribution < -0.4 is 11.0 Å². The predicted octanol–water partition coefficient (Wildman–Crippen LogP) is 2.69. The smallest absolute Gasteiger partial charge is 0.256 e. The van der Waals surface area contributed by atoms with Crippen LogP contribution in [0, 0.1) is 0 Å². The molecule has 0 bridgehead atoms. The Morgan fingerprint density at radius 2 is 1.61 bits per heavy atom. The summed E-state index contributed by atoms with van der Waals surface area (Å²) >= 11 is 5.89. The Bertz CT molecular complexity index is 884. The number of hydrogen-bond acceptors (Lipinski definition) is 2. The first kappa shape index (κ1) is 11.0. The molecule has 2 aromatic carbocycles. The normalized spacial score (nSPS) is 10.9. The van der Waals surface area contributed by atoms with Gasteiger partial charge in [-0.2, -0.15) is 0 Å². The fourth-order valence-corrected chi connectivity index (χ4v) is 2.20. The summed E-state index contributed by atoms with van der Waals surface area (Å²) in [4.78, 5) is 27.1. The fraction of sp³-hybridized carbons (Fsp3) is 0. The van der Waals surface area contributed by atoms with Crippen LogP contribution in [0.5, 0.6) is 0 Å². The van der Waals surface area contributed by atoms with E-state index in [9.17, 15) is 9.59 Å². The fourth-order valence-electron chi connectivity index (χ4n) is 2.03. The minimum atomic E-state index is -0.278. The first-order valence-corrected chi connectivity index (χ1v) is 5.79. The van der Waals surface area contributed by atoms with Gasteiger partial charge in [-0.3, -0.25) is 9.59 Å². The van der Waals surface area contributed by atoms with Crippen molar-refractivity contribution in [2.75, 3.05) is 0 Å². The number of fused-ring (bicyclic) bond motifs is 2. The maximum atomic E-state index is 12.4. The van der Waals surface area contributed by atoms with Crippen LogP contribution in [-0.4, -0.2) is 4.98 Å². The molecule has 0 aliphatic heterocycles. The zero-order chi connectivity index (χ0) is 12.7.